The summed E-state index contributed by atoms with van der Waals surface area (Å²) in [6.07, 6.45) is 1.54. The van der Waals surface area contributed by atoms with E-state index < -0.39 is 17.7 Å². The van der Waals surface area contributed by atoms with Crippen molar-refractivity contribution in [1.29, 1.82) is 0 Å². The van der Waals surface area contributed by atoms with E-state index in [2.05, 4.69) is 6.92 Å². The number of aryl methyl sites for hydroxylation is 1. The van der Waals surface area contributed by atoms with Crippen molar-refractivity contribution in [3.8, 4) is 0 Å². The second kappa shape index (κ2) is 7.03. The molecule has 2 aliphatic heterocycles. The van der Waals surface area contributed by atoms with Crippen molar-refractivity contribution in [2.75, 3.05) is 26.2 Å². The van der Waals surface area contributed by atoms with E-state index >= 15 is 0 Å². The van der Waals surface area contributed by atoms with Crippen LogP contribution in [0.5, 0.6) is 0 Å². The molecule has 25 heavy (non-hydrogen) atoms. The molecular weight excluding hydrogens is 344 g/mol. The molecule has 3 heterocycles. The second-order valence-electron chi connectivity index (χ2n) is 6.56. The summed E-state index contributed by atoms with van der Waals surface area (Å²) in [7, 11) is 0. The molecule has 3 rings (SSSR count). The fourth-order valence-electron chi connectivity index (χ4n) is 3.33. The summed E-state index contributed by atoms with van der Waals surface area (Å²) in [5.74, 6) is -0.908. The van der Waals surface area contributed by atoms with Crippen molar-refractivity contribution in [3.05, 3.63) is 21.9 Å². The number of carbonyl (C=O) groups is 3. The molecule has 1 aromatic heterocycles. The van der Waals surface area contributed by atoms with Crippen molar-refractivity contribution in [3.63, 3.8) is 0 Å². The summed E-state index contributed by atoms with van der Waals surface area (Å²) < 4.78 is 5.55. The Kier molecular flexibility index (Phi) is 4.99. The van der Waals surface area contributed by atoms with Gasteiger partial charge < -0.3 is 19.6 Å². The quantitative estimate of drug-likeness (QED) is 0.863. The van der Waals surface area contributed by atoms with Crippen LogP contribution < -0.4 is 0 Å². The number of nitrogens with zero attached hydrogens (tertiary/aromatic N) is 2. The number of piperidine rings is 1. The van der Waals surface area contributed by atoms with Crippen LogP contribution in [0.3, 0.4) is 0 Å². The van der Waals surface area contributed by atoms with Gasteiger partial charge in [-0.3, -0.25) is 9.59 Å². The Hall–Kier alpha value is -2.09. The number of carbonyl (C=O) groups excluding carboxylic acids is 2. The van der Waals surface area contributed by atoms with Crippen molar-refractivity contribution < 1.29 is 24.2 Å². The van der Waals surface area contributed by atoms with Crippen molar-refractivity contribution in [2.45, 2.75) is 38.2 Å². The smallest absolute Gasteiger partial charge is 0.410 e. The Morgan fingerprint density at radius 3 is 2.68 bits per heavy atom. The van der Waals surface area contributed by atoms with Crippen LogP contribution in [0.15, 0.2) is 11.4 Å². The Morgan fingerprint density at radius 2 is 2.08 bits per heavy atom. The number of aliphatic carboxylic acids is 1. The molecule has 136 valence electrons. The first-order valence-corrected chi connectivity index (χ1v) is 9.37. The van der Waals surface area contributed by atoms with E-state index in [0.717, 1.165) is 12.0 Å². The Morgan fingerprint density at radius 1 is 1.36 bits per heavy atom. The summed E-state index contributed by atoms with van der Waals surface area (Å²) in [6, 6.07) is 1.95. The predicted molar refractivity (Wildman–Crippen MR) is 91.9 cm³/mol. The largest absolute Gasteiger partial charge is 0.481 e. The summed E-state index contributed by atoms with van der Waals surface area (Å²) in [5, 5.41) is 10.7. The first-order chi connectivity index (χ1) is 11.9. The lowest BCUT2D eigenvalue weighted by atomic mass is 9.91. The van der Waals surface area contributed by atoms with Gasteiger partial charge in [0.05, 0.1) is 18.5 Å². The molecule has 1 spiro atoms. The number of carboxylic acids is 1. The van der Waals surface area contributed by atoms with Crippen LogP contribution in [0, 0.1) is 0 Å². The molecule has 8 heteroatoms. The molecule has 7 nitrogen and oxygen atoms in total. The van der Waals surface area contributed by atoms with Gasteiger partial charge in [0.2, 0.25) is 0 Å². The fourth-order valence-corrected chi connectivity index (χ4v) is 4.14. The summed E-state index contributed by atoms with van der Waals surface area (Å²) >= 11 is 1.60. The van der Waals surface area contributed by atoms with Crippen LogP contribution in [-0.4, -0.2) is 64.7 Å². The Bertz CT molecular complexity index is 678. The van der Waals surface area contributed by atoms with E-state index in [1.165, 1.54) is 9.78 Å². The van der Waals surface area contributed by atoms with Crippen LogP contribution in [0.25, 0.3) is 0 Å². The lowest BCUT2D eigenvalue weighted by Gasteiger charge is -2.37. The van der Waals surface area contributed by atoms with E-state index in [9.17, 15) is 14.4 Å². The van der Waals surface area contributed by atoms with Crippen LogP contribution in [0.4, 0.5) is 4.79 Å². The normalized spacial score (nSPS) is 19.3. The minimum absolute atomic E-state index is 0.0258. The minimum Gasteiger partial charge on any atom is -0.481 e. The third-order valence-corrected chi connectivity index (χ3v) is 5.93. The molecular formula is C17H22N2O5S. The molecule has 2 saturated heterocycles. The molecule has 2 amide bonds. The van der Waals surface area contributed by atoms with Gasteiger partial charge in [-0.25, -0.2) is 4.79 Å². The number of carboxylic acid groups (broad SMARTS) is 1. The first-order valence-electron chi connectivity index (χ1n) is 8.49. The molecule has 2 aliphatic rings. The van der Waals surface area contributed by atoms with Crippen molar-refractivity contribution >= 4 is 29.3 Å². The second-order valence-corrected chi connectivity index (χ2v) is 7.56. The zero-order valence-electron chi connectivity index (χ0n) is 14.2. The molecule has 2 fully saturated rings. The van der Waals surface area contributed by atoms with E-state index in [1.54, 1.807) is 16.2 Å². The average molecular weight is 366 g/mol. The molecule has 0 atom stereocenters. The van der Waals surface area contributed by atoms with Crippen LogP contribution in [-0.2, 0) is 16.0 Å². The molecule has 1 aromatic rings. The summed E-state index contributed by atoms with van der Waals surface area (Å²) in [6.45, 7) is 3.70. The minimum atomic E-state index is -0.934. The van der Waals surface area contributed by atoms with E-state index in [4.69, 9.17) is 9.84 Å². The lowest BCUT2D eigenvalue weighted by Crippen LogP contribution is -2.48. The predicted octanol–water partition coefficient (Wildman–Crippen LogP) is 2.21. The van der Waals surface area contributed by atoms with Crippen molar-refractivity contribution in [2.24, 2.45) is 0 Å². The zero-order valence-corrected chi connectivity index (χ0v) is 15.0. The van der Waals surface area contributed by atoms with Gasteiger partial charge in [0, 0.05) is 42.7 Å². The van der Waals surface area contributed by atoms with Crippen LogP contribution in [0.1, 0.15) is 41.4 Å². The van der Waals surface area contributed by atoms with E-state index in [0.29, 0.717) is 32.5 Å². The van der Waals surface area contributed by atoms with Gasteiger partial charge in [-0.1, -0.05) is 6.92 Å². The van der Waals surface area contributed by atoms with E-state index in [1.807, 2.05) is 11.4 Å². The van der Waals surface area contributed by atoms with Gasteiger partial charge >= 0.3 is 12.1 Å². The standard InChI is InChI=1S/C17H22N2O5S/c1-2-13-9-12(10-25-13)15(22)18-7-4-17(5-8-18)11-19(16(23)24-17)6-3-14(20)21/h9-10H,2-8,11H2,1H3,(H,20,21). The van der Waals surface area contributed by atoms with Gasteiger partial charge in [0.25, 0.3) is 5.91 Å². The number of thiophene rings is 1. The van der Waals surface area contributed by atoms with Gasteiger partial charge in [-0.15, -0.1) is 11.3 Å². The molecule has 0 bridgehead atoms. The maximum absolute atomic E-state index is 12.6. The fraction of sp³-hybridized carbons (Fsp3) is 0.588. The monoisotopic (exact) mass is 366 g/mol. The SMILES string of the molecule is CCc1cc(C(=O)N2CCC3(CC2)CN(CCC(=O)O)C(=O)O3)cs1. The molecule has 1 N–H and O–H groups in total. The topological polar surface area (TPSA) is 87.2 Å². The Balaban J connectivity index is 1.57. The third-order valence-electron chi connectivity index (χ3n) is 4.85. The number of rotatable bonds is 5. The first kappa shape index (κ1) is 17.7. The average Bonchev–Trinajstić information content (AvgIpc) is 3.18. The molecule has 0 saturated carbocycles. The van der Waals surface area contributed by atoms with Gasteiger partial charge in [-0.2, -0.15) is 0 Å². The summed E-state index contributed by atoms with van der Waals surface area (Å²) in [5.41, 5.74) is 0.138. The summed E-state index contributed by atoms with van der Waals surface area (Å²) in [4.78, 5) is 39.7. The molecule has 0 unspecified atom stereocenters. The lowest BCUT2D eigenvalue weighted by molar-refractivity contribution is -0.137. The van der Waals surface area contributed by atoms with Crippen molar-refractivity contribution in [1.82, 2.24) is 9.80 Å². The van der Waals surface area contributed by atoms with Crippen LogP contribution in [0.2, 0.25) is 0 Å². The van der Waals surface area contributed by atoms with Crippen LogP contribution >= 0.6 is 11.3 Å². The third kappa shape index (κ3) is 3.78. The highest BCUT2D eigenvalue weighted by Gasteiger charge is 2.47. The zero-order chi connectivity index (χ0) is 18.0. The number of ether oxygens (including phenoxy) is 1. The molecule has 0 aliphatic carbocycles. The Labute approximate surface area is 150 Å². The number of amides is 2. The highest BCUT2D eigenvalue weighted by Crippen LogP contribution is 2.34. The molecule has 0 aromatic carbocycles. The number of hydrogen-bond donors (Lipinski definition) is 1. The highest BCUT2D eigenvalue weighted by atomic mass is 32.1. The van der Waals surface area contributed by atoms with E-state index in [-0.39, 0.29) is 18.9 Å². The highest BCUT2D eigenvalue weighted by molar-refractivity contribution is 7.10. The number of likely N-dealkylation sites (tertiary alicyclic amines) is 1. The maximum atomic E-state index is 12.6. The maximum Gasteiger partial charge on any atom is 0.410 e. The van der Waals surface area contributed by atoms with Gasteiger partial charge in [0.15, 0.2) is 0 Å². The number of hydrogen-bond acceptors (Lipinski definition) is 5. The van der Waals surface area contributed by atoms with Gasteiger partial charge in [0.1, 0.15) is 5.60 Å². The molecule has 0 radical (unpaired) electrons. The van der Waals surface area contributed by atoms with Gasteiger partial charge in [-0.05, 0) is 12.5 Å².